The number of carbonyl (C=O) groups excluding carboxylic acids is 1. The Bertz CT molecular complexity index is 479. The maximum atomic E-state index is 12.3. The second-order valence-corrected chi connectivity index (χ2v) is 5.95. The first kappa shape index (κ1) is 11.0. The van der Waals surface area contributed by atoms with Crippen LogP contribution in [0, 0.1) is 13.8 Å². The first-order valence-electron chi connectivity index (χ1n) is 6.77. The lowest BCUT2D eigenvalue weighted by atomic mass is 9.70. The summed E-state index contributed by atoms with van der Waals surface area (Å²) in [5.41, 5.74) is 5.13. The molecule has 2 aliphatic carbocycles. The van der Waals surface area contributed by atoms with Crippen molar-refractivity contribution in [2.75, 3.05) is 0 Å². The summed E-state index contributed by atoms with van der Waals surface area (Å²) in [5, 5.41) is 0. The number of Topliss-reactive ketones (excluding diaryl/α,β-unsaturated/α-hetero) is 1. The second kappa shape index (κ2) is 3.69. The molecule has 1 aromatic rings. The summed E-state index contributed by atoms with van der Waals surface area (Å²) in [6.45, 7) is 4.23. The summed E-state index contributed by atoms with van der Waals surface area (Å²) in [4.78, 5) is 12.3. The Balaban J connectivity index is 2.18. The number of hydrogen-bond donors (Lipinski definition) is 0. The third kappa shape index (κ3) is 1.55. The van der Waals surface area contributed by atoms with Gasteiger partial charge in [-0.15, -0.1) is 0 Å². The summed E-state index contributed by atoms with van der Waals surface area (Å²) in [7, 11) is 0. The van der Waals surface area contributed by atoms with E-state index in [2.05, 4.69) is 26.0 Å². The van der Waals surface area contributed by atoms with Gasteiger partial charge in [-0.25, -0.2) is 0 Å². The summed E-state index contributed by atoms with van der Waals surface area (Å²) in [5.74, 6) is 0.388. The number of benzene rings is 1. The third-order valence-corrected chi connectivity index (χ3v) is 4.64. The van der Waals surface area contributed by atoms with Gasteiger partial charge < -0.3 is 0 Å². The highest BCUT2D eigenvalue weighted by atomic mass is 16.1. The molecule has 2 aliphatic rings. The zero-order valence-electron chi connectivity index (χ0n) is 10.8. The first-order chi connectivity index (χ1) is 8.12. The van der Waals surface area contributed by atoms with Gasteiger partial charge in [0.2, 0.25) is 0 Å². The van der Waals surface area contributed by atoms with Gasteiger partial charge in [-0.2, -0.15) is 0 Å². The topological polar surface area (TPSA) is 17.1 Å². The van der Waals surface area contributed by atoms with Crippen molar-refractivity contribution < 1.29 is 4.79 Å². The first-order valence-corrected chi connectivity index (χ1v) is 6.77. The quantitative estimate of drug-likeness (QED) is 0.653. The van der Waals surface area contributed by atoms with Crippen LogP contribution in [0.15, 0.2) is 12.1 Å². The Hall–Kier alpha value is -1.11. The zero-order valence-corrected chi connectivity index (χ0v) is 10.8. The van der Waals surface area contributed by atoms with Crippen molar-refractivity contribution in [3.63, 3.8) is 0 Å². The minimum absolute atomic E-state index is 0.210. The van der Waals surface area contributed by atoms with Gasteiger partial charge >= 0.3 is 0 Å². The molecular weight excluding hydrogens is 208 g/mol. The van der Waals surface area contributed by atoms with E-state index in [-0.39, 0.29) is 5.41 Å². The van der Waals surface area contributed by atoms with Crippen molar-refractivity contribution in [2.24, 2.45) is 0 Å². The number of ketones is 1. The molecule has 3 rings (SSSR count). The van der Waals surface area contributed by atoms with Crippen molar-refractivity contribution in [3.05, 3.63) is 34.4 Å². The number of carbonyl (C=O) groups is 1. The van der Waals surface area contributed by atoms with E-state index in [0.29, 0.717) is 5.78 Å². The van der Waals surface area contributed by atoms with Crippen LogP contribution in [0.25, 0.3) is 0 Å². The molecule has 0 heterocycles. The van der Waals surface area contributed by atoms with E-state index in [9.17, 15) is 4.79 Å². The molecule has 1 aromatic carbocycles. The maximum Gasteiger partial charge on any atom is 0.164 e. The van der Waals surface area contributed by atoms with Crippen LogP contribution < -0.4 is 0 Å². The molecule has 0 aromatic heterocycles. The molecule has 1 fully saturated rings. The molecule has 17 heavy (non-hydrogen) atoms. The molecule has 0 radical (unpaired) electrons. The molecule has 1 spiro atoms. The van der Waals surface area contributed by atoms with Gasteiger partial charge in [-0.05, 0) is 37.8 Å². The smallest absolute Gasteiger partial charge is 0.164 e. The number of fused-ring (bicyclic) bond motifs is 2. The van der Waals surface area contributed by atoms with Gasteiger partial charge in [-0.3, -0.25) is 4.79 Å². The van der Waals surface area contributed by atoms with E-state index in [0.717, 1.165) is 12.0 Å². The van der Waals surface area contributed by atoms with Crippen LogP contribution in [0.4, 0.5) is 0 Å². The standard InChI is InChI=1S/C16H20O/c1-11-8-12(2)15-13(9-11)16(10-14(15)17)6-4-3-5-7-16/h8-9H,3-7,10H2,1-2H3. The molecule has 0 N–H and O–H groups in total. The van der Waals surface area contributed by atoms with E-state index >= 15 is 0 Å². The fourth-order valence-electron chi connectivity index (χ4n) is 3.92. The van der Waals surface area contributed by atoms with Gasteiger partial charge in [0.1, 0.15) is 0 Å². The third-order valence-electron chi connectivity index (χ3n) is 4.64. The normalized spacial score (nSPS) is 21.9. The SMILES string of the molecule is Cc1cc(C)c2c(c1)C1(CCCCC1)CC2=O. The van der Waals surface area contributed by atoms with Crippen molar-refractivity contribution in [1.29, 1.82) is 0 Å². The molecule has 90 valence electrons. The van der Waals surface area contributed by atoms with Gasteiger partial charge in [-0.1, -0.05) is 37.0 Å². The lowest BCUT2D eigenvalue weighted by molar-refractivity contribution is 0.0961. The Labute approximate surface area is 103 Å². The zero-order chi connectivity index (χ0) is 12.0. The largest absolute Gasteiger partial charge is 0.294 e. The van der Waals surface area contributed by atoms with Crippen LogP contribution in [-0.4, -0.2) is 5.78 Å². The molecule has 0 atom stereocenters. The van der Waals surface area contributed by atoms with Crippen LogP contribution >= 0.6 is 0 Å². The summed E-state index contributed by atoms with van der Waals surface area (Å²) in [6.07, 6.45) is 7.13. The molecule has 0 aliphatic heterocycles. The van der Waals surface area contributed by atoms with Crippen molar-refractivity contribution in [3.8, 4) is 0 Å². The van der Waals surface area contributed by atoms with E-state index in [4.69, 9.17) is 0 Å². The summed E-state index contributed by atoms with van der Waals surface area (Å²) >= 11 is 0. The van der Waals surface area contributed by atoms with E-state index in [1.165, 1.54) is 48.8 Å². The lowest BCUT2D eigenvalue weighted by Gasteiger charge is -2.34. The molecule has 0 unspecified atom stereocenters. The Morgan fingerprint density at radius 2 is 1.76 bits per heavy atom. The highest BCUT2D eigenvalue weighted by molar-refractivity contribution is 6.03. The van der Waals surface area contributed by atoms with Gasteiger partial charge in [0.15, 0.2) is 5.78 Å². The minimum atomic E-state index is 0.210. The van der Waals surface area contributed by atoms with Crippen LogP contribution in [0.3, 0.4) is 0 Å². The second-order valence-electron chi connectivity index (χ2n) is 5.95. The molecule has 0 amide bonds. The minimum Gasteiger partial charge on any atom is -0.294 e. The number of hydrogen-bond acceptors (Lipinski definition) is 1. The summed E-state index contributed by atoms with van der Waals surface area (Å²) < 4.78 is 0. The van der Waals surface area contributed by atoms with Gasteiger partial charge in [0.05, 0.1) is 0 Å². The van der Waals surface area contributed by atoms with Crippen LogP contribution in [0.5, 0.6) is 0 Å². The predicted octanol–water partition coefficient (Wildman–Crippen LogP) is 4.09. The fraction of sp³-hybridized carbons (Fsp3) is 0.562. The predicted molar refractivity (Wildman–Crippen MR) is 69.6 cm³/mol. The van der Waals surface area contributed by atoms with Crippen LogP contribution in [-0.2, 0) is 5.41 Å². The lowest BCUT2D eigenvalue weighted by Crippen LogP contribution is -2.26. The maximum absolute atomic E-state index is 12.3. The van der Waals surface area contributed by atoms with Crippen molar-refractivity contribution >= 4 is 5.78 Å². The van der Waals surface area contributed by atoms with Crippen molar-refractivity contribution in [2.45, 2.75) is 57.8 Å². The van der Waals surface area contributed by atoms with E-state index < -0.39 is 0 Å². The Morgan fingerprint density at radius 1 is 1.06 bits per heavy atom. The molecule has 1 saturated carbocycles. The van der Waals surface area contributed by atoms with Crippen LogP contribution in [0.1, 0.15) is 65.6 Å². The molecular formula is C16H20O. The summed E-state index contributed by atoms with van der Waals surface area (Å²) in [6, 6.07) is 4.43. The van der Waals surface area contributed by atoms with E-state index in [1.54, 1.807) is 0 Å². The highest BCUT2D eigenvalue weighted by Crippen LogP contribution is 2.49. The van der Waals surface area contributed by atoms with Gasteiger partial charge in [0.25, 0.3) is 0 Å². The fourth-order valence-corrected chi connectivity index (χ4v) is 3.92. The molecule has 0 bridgehead atoms. The van der Waals surface area contributed by atoms with Crippen molar-refractivity contribution in [1.82, 2.24) is 0 Å². The monoisotopic (exact) mass is 228 g/mol. The average molecular weight is 228 g/mol. The molecule has 1 heteroatoms. The average Bonchev–Trinajstić information content (AvgIpc) is 2.53. The Morgan fingerprint density at radius 3 is 2.47 bits per heavy atom. The van der Waals surface area contributed by atoms with E-state index in [1.807, 2.05) is 0 Å². The molecule has 1 nitrogen and oxygen atoms in total. The van der Waals surface area contributed by atoms with Gasteiger partial charge in [0, 0.05) is 17.4 Å². The molecule has 0 saturated heterocycles. The Kier molecular flexibility index (Phi) is 2.39. The van der Waals surface area contributed by atoms with Crippen LogP contribution in [0.2, 0.25) is 0 Å². The highest BCUT2D eigenvalue weighted by Gasteiger charge is 2.44. The number of aryl methyl sites for hydroxylation is 2. The number of rotatable bonds is 0.